The van der Waals surface area contributed by atoms with Crippen LogP contribution in [0.15, 0.2) is 45.6 Å². The molecule has 3 aromatic rings. The number of aromatic nitrogens is 1. The molecule has 4 N–H and O–H groups in total. The van der Waals surface area contributed by atoms with Crippen molar-refractivity contribution >= 4 is 28.8 Å². The zero-order valence-electron chi connectivity index (χ0n) is 12.6. The lowest BCUT2D eigenvalue weighted by Gasteiger charge is -2.10. The summed E-state index contributed by atoms with van der Waals surface area (Å²) in [6.07, 6.45) is 0. The highest BCUT2D eigenvalue weighted by molar-refractivity contribution is 6.03. The van der Waals surface area contributed by atoms with E-state index >= 15 is 0 Å². The smallest absolute Gasteiger partial charge is 0.417 e. The number of halogens is 1. The molecule has 0 aliphatic carbocycles. The van der Waals surface area contributed by atoms with Crippen LogP contribution in [-0.4, -0.2) is 22.1 Å². The average Bonchev–Trinajstić information content (AvgIpc) is 2.91. The van der Waals surface area contributed by atoms with Gasteiger partial charge in [0.15, 0.2) is 5.58 Å². The van der Waals surface area contributed by atoms with Crippen molar-refractivity contribution in [3.05, 3.63) is 63.9 Å². The molecule has 0 unspecified atom stereocenters. The molecule has 25 heavy (non-hydrogen) atoms. The summed E-state index contributed by atoms with van der Waals surface area (Å²) >= 11 is 0. The van der Waals surface area contributed by atoms with E-state index < -0.39 is 23.6 Å². The summed E-state index contributed by atoms with van der Waals surface area (Å²) in [5, 5.41) is 14.1. The van der Waals surface area contributed by atoms with Crippen molar-refractivity contribution in [1.29, 1.82) is 0 Å². The minimum Gasteiger partial charge on any atom is -0.478 e. The first-order valence-corrected chi connectivity index (χ1v) is 7.12. The van der Waals surface area contributed by atoms with E-state index in [1.807, 2.05) is 0 Å². The Labute approximate surface area is 139 Å². The third kappa shape index (κ3) is 3.66. The second-order valence-corrected chi connectivity index (χ2v) is 5.15. The fourth-order valence-electron chi connectivity index (χ4n) is 2.27. The minimum atomic E-state index is -1.30. The number of hydrogen-bond acceptors (Lipinski definition) is 4. The molecule has 0 bridgehead atoms. The van der Waals surface area contributed by atoms with E-state index in [1.54, 1.807) is 6.07 Å². The molecule has 2 amide bonds. The molecular formula is C16H12FN3O5. The maximum atomic E-state index is 13.1. The van der Waals surface area contributed by atoms with Gasteiger partial charge in [0.05, 0.1) is 16.8 Å². The van der Waals surface area contributed by atoms with Gasteiger partial charge in [0.1, 0.15) is 5.82 Å². The third-order valence-corrected chi connectivity index (χ3v) is 3.38. The number of carboxylic acids is 1. The monoisotopic (exact) mass is 345 g/mol. The van der Waals surface area contributed by atoms with Crippen LogP contribution in [0, 0.1) is 5.82 Å². The SMILES string of the molecule is O=C(NCc1cccc(F)c1)Nc1cc2[nH]c(=O)oc2cc1C(=O)O. The number of aromatic carboxylic acids is 1. The number of amides is 2. The van der Waals surface area contributed by atoms with E-state index in [1.165, 1.54) is 24.3 Å². The Morgan fingerprint density at radius 1 is 1.24 bits per heavy atom. The van der Waals surface area contributed by atoms with Gasteiger partial charge in [-0.3, -0.25) is 4.98 Å². The van der Waals surface area contributed by atoms with Crippen LogP contribution < -0.4 is 16.4 Å². The Balaban J connectivity index is 1.78. The van der Waals surface area contributed by atoms with Crippen LogP contribution in [0.2, 0.25) is 0 Å². The lowest BCUT2D eigenvalue weighted by molar-refractivity contribution is 0.0698. The van der Waals surface area contributed by atoms with Crippen LogP contribution in [0.4, 0.5) is 14.9 Å². The summed E-state index contributed by atoms with van der Waals surface area (Å²) in [7, 11) is 0. The fourth-order valence-corrected chi connectivity index (χ4v) is 2.27. The van der Waals surface area contributed by atoms with Gasteiger partial charge in [0, 0.05) is 6.54 Å². The molecule has 9 heteroatoms. The average molecular weight is 345 g/mol. The first-order valence-electron chi connectivity index (χ1n) is 7.12. The van der Waals surface area contributed by atoms with Gasteiger partial charge in [-0.1, -0.05) is 12.1 Å². The molecule has 0 spiro atoms. The predicted molar refractivity (Wildman–Crippen MR) is 86.1 cm³/mol. The molecule has 0 aliphatic rings. The highest BCUT2D eigenvalue weighted by atomic mass is 19.1. The quantitative estimate of drug-likeness (QED) is 0.577. The van der Waals surface area contributed by atoms with Crippen molar-refractivity contribution in [1.82, 2.24) is 10.3 Å². The van der Waals surface area contributed by atoms with Crippen LogP contribution in [0.3, 0.4) is 0 Å². The molecule has 8 nitrogen and oxygen atoms in total. The zero-order valence-corrected chi connectivity index (χ0v) is 12.6. The van der Waals surface area contributed by atoms with E-state index in [9.17, 15) is 23.9 Å². The van der Waals surface area contributed by atoms with Gasteiger partial charge in [-0.05, 0) is 29.8 Å². The van der Waals surface area contributed by atoms with Crippen molar-refractivity contribution in [3.8, 4) is 0 Å². The summed E-state index contributed by atoms with van der Waals surface area (Å²) in [6.45, 7) is 0.0524. The molecule has 0 radical (unpaired) electrons. The maximum Gasteiger partial charge on any atom is 0.417 e. The standard InChI is InChI=1S/C16H12FN3O5/c17-9-3-1-2-8(4-9)7-18-15(23)19-11-6-12-13(25-16(24)20-12)5-10(11)14(21)22/h1-6H,7H2,(H,20,24)(H,21,22)(H2,18,19,23). The molecule has 1 heterocycles. The van der Waals surface area contributed by atoms with Crippen LogP contribution in [-0.2, 0) is 6.54 Å². The Bertz CT molecular complexity index is 1020. The number of carbonyl (C=O) groups is 2. The summed E-state index contributed by atoms with van der Waals surface area (Å²) < 4.78 is 17.9. The number of fused-ring (bicyclic) bond motifs is 1. The molecule has 3 rings (SSSR count). The molecule has 1 aromatic heterocycles. The largest absolute Gasteiger partial charge is 0.478 e. The minimum absolute atomic E-state index is 0.0196. The van der Waals surface area contributed by atoms with Crippen LogP contribution in [0.5, 0.6) is 0 Å². The molecule has 128 valence electrons. The number of rotatable bonds is 4. The number of carboxylic acid groups (broad SMARTS) is 1. The van der Waals surface area contributed by atoms with Crippen molar-refractivity contribution in [2.75, 3.05) is 5.32 Å². The van der Waals surface area contributed by atoms with Crippen molar-refractivity contribution in [3.63, 3.8) is 0 Å². The van der Waals surface area contributed by atoms with Crippen LogP contribution in [0.1, 0.15) is 15.9 Å². The molecule has 0 fully saturated rings. The number of H-pyrrole nitrogens is 1. The molecule has 0 saturated carbocycles. The molecule has 0 saturated heterocycles. The summed E-state index contributed by atoms with van der Waals surface area (Å²) in [6, 6.07) is 7.43. The normalized spacial score (nSPS) is 10.6. The lowest BCUT2D eigenvalue weighted by atomic mass is 10.1. The number of aromatic amines is 1. The molecule has 0 atom stereocenters. The second-order valence-electron chi connectivity index (χ2n) is 5.15. The Kier molecular flexibility index (Phi) is 4.21. The van der Waals surface area contributed by atoms with E-state index in [2.05, 4.69) is 15.6 Å². The van der Waals surface area contributed by atoms with E-state index in [0.717, 1.165) is 6.07 Å². The number of hydrogen-bond donors (Lipinski definition) is 4. The van der Waals surface area contributed by atoms with E-state index in [-0.39, 0.29) is 28.9 Å². The van der Waals surface area contributed by atoms with Gasteiger partial charge in [-0.2, -0.15) is 0 Å². The molecular weight excluding hydrogens is 333 g/mol. The van der Waals surface area contributed by atoms with Crippen molar-refractivity contribution < 1.29 is 23.5 Å². The van der Waals surface area contributed by atoms with Gasteiger partial charge in [0.25, 0.3) is 0 Å². The van der Waals surface area contributed by atoms with Crippen LogP contribution in [0.25, 0.3) is 11.1 Å². The third-order valence-electron chi connectivity index (χ3n) is 3.38. The number of nitrogens with one attached hydrogen (secondary N) is 3. The van der Waals surface area contributed by atoms with Crippen molar-refractivity contribution in [2.45, 2.75) is 6.54 Å². The highest BCUT2D eigenvalue weighted by Gasteiger charge is 2.16. The van der Waals surface area contributed by atoms with Gasteiger partial charge in [-0.15, -0.1) is 0 Å². The second kappa shape index (κ2) is 6.48. The Morgan fingerprint density at radius 2 is 2.04 bits per heavy atom. The predicted octanol–water partition coefficient (Wildman–Crippen LogP) is 2.28. The lowest BCUT2D eigenvalue weighted by Crippen LogP contribution is -2.29. The Morgan fingerprint density at radius 3 is 2.76 bits per heavy atom. The number of carbonyl (C=O) groups excluding carboxylic acids is 1. The summed E-state index contributed by atoms with van der Waals surface area (Å²) in [5.74, 6) is -2.47. The number of urea groups is 1. The topological polar surface area (TPSA) is 124 Å². The summed E-state index contributed by atoms with van der Waals surface area (Å²) in [4.78, 5) is 36.9. The number of oxazole rings is 1. The highest BCUT2D eigenvalue weighted by Crippen LogP contribution is 2.22. The molecule has 0 aliphatic heterocycles. The Hall–Kier alpha value is -3.62. The summed E-state index contributed by atoms with van der Waals surface area (Å²) in [5.41, 5.74) is 0.594. The maximum absolute atomic E-state index is 13.1. The van der Waals surface area contributed by atoms with Gasteiger partial charge < -0.3 is 20.2 Å². The van der Waals surface area contributed by atoms with Crippen molar-refractivity contribution in [2.24, 2.45) is 0 Å². The zero-order chi connectivity index (χ0) is 18.0. The molecule has 2 aromatic carbocycles. The first kappa shape index (κ1) is 16.2. The van der Waals surface area contributed by atoms with Crippen LogP contribution >= 0.6 is 0 Å². The first-order chi connectivity index (χ1) is 11.9. The fraction of sp³-hybridized carbons (Fsp3) is 0.0625. The van der Waals surface area contributed by atoms with E-state index in [0.29, 0.717) is 5.56 Å². The van der Waals surface area contributed by atoms with E-state index in [4.69, 9.17) is 4.42 Å². The number of anilines is 1. The van der Waals surface area contributed by atoms with Gasteiger partial charge in [-0.25, -0.2) is 18.8 Å². The van der Waals surface area contributed by atoms with Gasteiger partial charge >= 0.3 is 17.8 Å². The van der Waals surface area contributed by atoms with Gasteiger partial charge in [0.2, 0.25) is 0 Å². The number of benzene rings is 2.